The quantitative estimate of drug-likeness (QED) is 0.623. The van der Waals surface area contributed by atoms with Gasteiger partial charge in [-0.2, -0.15) is 8.78 Å². The maximum Gasteiger partial charge on any atom is 0.387 e. The van der Waals surface area contributed by atoms with E-state index in [9.17, 15) is 13.2 Å². The summed E-state index contributed by atoms with van der Waals surface area (Å²) in [6.45, 7) is -1.32. The average molecular weight is 402 g/mol. The molecule has 10 heteroatoms. The molecule has 0 aliphatic carbocycles. The average Bonchev–Trinajstić information content (AvgIpc) is 2.98. The van der Waals surface area contributed by atoms with Gasteiger partial charge in [0, 0.05) is 11.6 Å². The van der Waals surface area contributed by atoms with Crippen molar-refractivity contribution in [3.63, 3.8) is 0 Å². The van der Waals surface area contributed by atoms with Gasteiger partial charge in [0.2, 0.25) is 5.79 Å². The molecule has 0 saturated carbocycles. The van der Waals surface area contributed by atoms with E-state index in [1.54, 1.807) is 6.08 Å². The molecule has 0 amide bonds. The van der Waals surface area contributed by atoms with Crippen LogP contribution in [0.25, 0.3) is 16.9 Å². The smallest absolute Gasteiger partial charge is 0.387 e. The van der Waals surface area contributed by atoms with Crippen LogP contribution in [0.3, 0.4) is 0 Å². The number of alkyl halides is 2. The van der Waals surface area contributed by atoms with Gasteiger partial charge in [-0.1, -0.05) is 12.1 Å². The monoisotopic (exact) mass is 402 g/mol. The number of hydrogen-bond donors (Lipinski definition) is 3. The van der Waals surface area contributed by atoms with Gasteiger partial charge in [-0.25, -0.2) is 14.4 Å². The van der Waals surface area contributed by atoms with Gasteiger partial charge < -0.3 is 15.8 Å². The Kier molecular flexibility index (Phi) is 4.42. The molecule has 29 heavy (non-hydrogen) atoms. The molecule has 0 radical (unpaired) electrons. The molecule has 1 aliphatic heterocycles. The number of aliphatic imine (C=N–C) groups is 1. The van der Waals surface area contributed by atoms with Gasteiger partial charge in [0.15, 0.2) is 11.6 Å². The molecular formula is C19H17F3N6O. The summed E-state index contributed by atoms with van der Waals surface area (Å²) in [5.41, 5.74) is 14.1. The number of para-hydroxylation sites is 2. The van der Waals surface area contributed by atoms with E-state index in [4.69, 9.17) is 11.5 Å². The lowest BCUT2D eigenvalue weighted by Crippen LogP contribution is -2.52. The maximum absolute atomic E-state index is 14.2. The Bertz CT molecular complexity index is 1160. The molecular weight excluding hydrogens is 385 g/mol. The van der Waals surface area contributed by atoms with Gasteiger partial charge in [-0.05, 0) is 37.3 Å². The fourth-order valence-corrected chi connectivity index (χ4v) is 3.27. The Morgan fingerprint density at radius 3 is 2.69 bits per heavy atom. The second kappa shape index (κ2) is 6.82. The second-order valence-corrected chi connectivity index (χ2v) is 6.46. The van der Waals surface area contributed by atoms with Gasteiger partial charge in [0.1, 0.15) is 17.5 Å². The zero-order chi connectivity index (χ0) is 20.8. The fraction of sp³-hybridized carbons (Fsp3) is 0.158. The van der Waals surface area contributed by atoms with Crippen LogP contribution in [0.4, 0.5) is 13.2 Å². The summed E-state index contributed by atoms with van der Waals surface area (Å²) < 4.78 is 44.9. The highest BCUT2D eigenvalue weighted by Crippen LogP contribution is 2.29. The minimum Gasteiger partial charge on any atom is -0.432 e. The largest absolute Gasteiger partial charge is 0.432 e. The zero-order valence-electron chi connectivity index (χ0n) is 15.2. The van der Waals surface area contributed by atoms with Crippen molar-refractivity contribution in [1.29, 1.82) is 0 Å². The predicted octanol–water partition coefficient (Wildman–Crippen LogP) is 2.61. The van der Waals surface area contributed by atoms with Crippen molar-refractivity contribution < 1.29 is 17.9 Å². The SMILES string of the molecule is Cc1nc2ccccc2n1C1=CC(N)=NC(N)(c2ccc(OC(F)F)c(F)c2)N1. The molecule has 3 aromatic rings. The number of nitrogens with one attached hydrogen (secondary N) is 1. The zero-order valence-corrected chi connectivity index (χ0v) is 15.2. The number of nitrogens with zero attached hydrogens (tertiary/aromatic N) is 3. The first-order valence-electron chi connectivity index (χ1n) is 8.60. The maximum atomic E-state index is 14.2. The second-order valence-electron chi connectivity index (χ2n) is 6.46. The molecule has 150 valence electrons. The number of aromatic nitrogens is 2. The number of benzene rings is 2. The topological polar surface area (TPSA) is 103 Å². The number of halogens is 3. The molecule has 0 fully saturated rings. The predicted molar refractivity (Wildman–Crippen MR) is 102 cm³/mol. The van der Waals surface area contributed by atoms with Crippen LogP contribution in [-0.4, -0.2) is 22.0 Å². The Balaban J connectivity index is 1.75. The lowest BCUT2D eigenvalue weighted by atomic mass is 10.1. The van der Waals surface area contributed by atoms with E-state index in [0.717, 1.165) is 23.2 Å². The fourth-order valence-electron chi connectivity index (χ4n) is 3.27. The van der Waals surface area contributed by atoms with Crippen molar-refractivity contribution in [3.05, 3.63) is 65.7 Å². The number of fused-ring (bicyclic) bond motifs is 1. The Labute approximate surface area is 163 Å². The number of ether oxygens (including phenoxy) is 1. The van der Waals surface area contributed by atoms with E-state index in [1.165, 1.54) is 6.07 Å². The number of amidine groups is 1. The lowest BCUT2D eigenvalue weighted by Gasteiger charge is -2.33. The van der Waals surface area contributed by atoms with E-state index >= 15 is 0 Å². The molecule has 1 aromatic heterocycles. The molecule has 5 N–H and O–H groups in total. The van der Waals surface area contributed by atoms with Gasteiger partial charge in [-0.15, -0.1) is 0 Å². The molecule has 2 heterocycles. The summed E-state index contributed by atoms with van der Waals surface area (Å²) in [6.07, 6.45) is 1.58. The van der Waals surface area contributed by atoms with Crippen molar-refractivity contribution in [2.45, 2.75) is 19.3 Å². The van der Waals surface area contributed by atoms with Crippen LogP contribution < -0.4 is 21.5 Å². The molecule has 0 saturated heterocycles. The molecule has 1 unspecified atom stereocenters. The van der Waals surface area contributed by atoms with Crippen molar-refractivity contribution in [2.24, 2.45) is 16.5 Å². The summed E-state index contributed by atoms with van der Waals surface area (Å²) in [7, 11) is 0. The number of hydrogen-bond acceptors (Lipinski definition) is 6. The third-order valence-corrected chi connectivity index (χ3v) is 4.47. The summed E-state index contributed by atoms with van der Waals surface area (Å²) in [5.74, 6) is -1.95. The first-order chi connectivity index (χ1) is 13.8. The van der Waals surface area contributed by atoms with Crippen LogP contribution in [0.1, 0.15) is 11.4 Å². The Morgan fingerprint density at radius 2 is 1.97 bits per heavy atom. The van der Waals surface area contributed by atoms with Crippen LogP contribution in [0.5, 0.6) is 5.75 Å². The third-order valence-electron chi connectivity index (χ3n) is 4.47. The minimum atomic E-state index is -3.14. The molecule has 4 rings (SSSR count). The van der Waals surface area contributed by atoms with Gasteiger partial charge >= 0.3 is 6.61 Å². The van der Waals surface area contributed by atoms with Gasteiger partial charge in [0.25, 0.3) is 0 Å². The van der Waals surface area contributed by atoms with Crippen molar-refractivity contribution in [3.8, 4) is 5.75 Å². The van der Waals surface area contributed by atoms with E-state index in [2.05, 4.69) is 20.0 Å². The first-order valence-corrected chi connectivity index (χ1v) is 8.60. The number of imidazole rings is 1. The highest BCUT2D eigenvalue weighted by Gasteiger charge is 2.33. The van der Waals surface area contributed by atoms with E-state index in [-0.39, 0.29) is 11.4 Å². The van der Waals surface area contributed by atoms with Crippen molar-refractivity contribution in [2.75, 3.05) is 0 Å². The molecule has 0 spiro atoms. The third kappa shape index (κ3) is 3.38. The molecule has 1 aliphatic rings. The van der Waals surface area contributed by atoms with Crippen LogP contribution >= 0.6 is 0 Å². The van der Waals surface area contributed by atoms with Crippen molar-refractivity contribution >= 4 is 22.7 Å². The Morgan fingerprint density at radius 1 is 1.21 bits per heavy atom. The van der Waals surface area contributed by atoms with Gasteiger partial charge in [0.05, 0.1) is 11.0 Å². The Hall–Kier alpha value is -3.53. The number of aryl methyl sites for hydroxylation is 1. The molecule has 0 bridgehead atoms. The van der Waals surface area contributed by atoms with E-state index in [1.807, 2.05) is 35.8 Å². The van der Waals surface area contributed by atoms with E-state index < -0.39 is 24.0 Å². The van der Waals surface area contributed by atoms with Crippen LogP contribution in [0.2, 0.25) is 0 Å². The summed E-state index contributed by atoms with van der Waals surface area (Å²) in [4.78, 5) is 8.68. The standard InChI is InChI=1S/C19H17F3N6O/c1-10-25-13-4-2-3-5-14(13)28(10)17-9-16(23)26-19(24,27-17)11-6-7-15(12(20)8-11)29-18(21)22/h2-9,18,27H,24H2,1H3,(H2,23,26). The first kappa shape index (κ1) is 18.8. The van der Waals surface area contributed by atoms with Crippen LogP contribution in [-0.2, 0) is 5.79 Å². The highest BCUT2D eigenvalue weighted by atomic mass is 19.3. The van der Waals surface area contributed by atoms with Gasteiger partial charge in [-0.3, -0.25) is 10.3 Å². The van der Waals surface area contributed by atoms with E-state index in [0.29, 0.717) is 11.6 Å². The lowest BCUT2D eigenvalue weighted by molar-refractivity contribution is -0.0522. The summed E-state index contributed by atoms with van der Waals surface area (Å²) in [5, 5.41) is 3.04. The molecule has 2 aromatic carbocycles. The van der Waals surface area contributed by atoms with Crippen LogP contribution in [0.15, 0.2) is 53.5 Å². The molecule has 7 nitrogen and oxygen atoms in total. The highest BCUT2D eigenvalue weighted by molar-refractivity contribution is 5.98. The van der Waals surface area contributed by atoms with Crippen molar-refractivity contribution in [1.82, 2.24) is 14.9 Å². The molecule has 1 atom stereocenters. The van der Waals surface area contributed by atoms with Crippen LogP contribution in [0, 0.1) is 12.7 Å². The number of rotatable bonds is 4. The number of nitrogens with two attached hydrogens (primary N) is 2. The normalized spacial score (nSPS) is 19.1. The summed E-state index contributed by atoms with van der Waals surface area (Å²) in [6, 6.07) is 10.9. The summed E-state index contributed by atoms with van der Waals surface area (Å²) >= 11 is 0. The minimum absolute atomic E-state index is 0.103.